The Morgan fingerprint density at radius 3 is 2.67 bits per heavy atom. The van der Waals surface area contributed by atoms with Crippen molar-refractivity contribution < 1.29 is 14.3 Å². The van der Waals surface area contributed by atoms with Gasteiger partial charge in [-0.25, -0.2) is 0 Å². The van der Waals surface area contributed by atoms with Crippen LogP contribution in [0.4, 0.5) is 5.69 Å². The molecule has 0 radical (unpaired) electrons. The number of benzene rings is 1. The van der Waals surface area contributed by atoms with Crippen molar-refractivity contribution in [2.24, 2.45) is 5.73 Å². The summed E-state index contributed by atoms with van der Waals surface area (Å²) >= 11 is 5.89. The topological polar surface area (TPSA) is 93.5 Å². The smallest absolute Gasteiger partial charge is 0.243 e. The SMILES string of the molecule is CCCOc1ccc(Cl)cc1NC(=O)CNC(=O)CN.Cl. The van der Waals surface area contributed by atoms with Crippen molar-refractivity contribution in [2.45, 2.75) is 13.3 Å². The van der Waals surface area contributed by atoms with E-state index >= 15 is 0 Å². The Morgan fingerprint density at radius 2 is 2.05 bits per heavy atom. The van der Waals surface area contributed by atoms with Crippen LogP contribution in [0.1, 0.15) is 13.3 Å². The summed E-state index contributed by atoms with van der Waals surface area (Å²) in [5.74, 6) is -0.237. The van der Waals surface area contributed by atoms with Crippen molar-refractivity contribution in [1.29, 1.82) is 0 Å². The van der Waals surface area contributed by atoms with E-state index < -0.39 is 5.91 Å². The number of amides is 2. The molecule has 4 N–H and O–H groups in total. The molecule has 21 heavy (non-hydrogen) atoms. The van der Waals surface area contributed by atoms with Crippen LogP contribution < -0.4 is 21.1 Å². The van der Waals surface area contributed by atoms with Gasteiger partial charge >= 0.3 is 0 Å². The van der Waals surface area contributed by atoms with Crippen LogP contribution in [0.25, 0.3) is 0 Å². The third-order valence-corrected chi connectivity index (χ3v) is 2.54. The molecular weight excluding hydrogens is 317 g/mol. The first-order chi connectivity index (χ1) is 9.56. The number of anilines is 1. The lowest BCUT2D eigenvalue weighted by molar-refractivity contribution is -0.123. The Balaban J connectivity index is 0.00000400. The highest BCUT2D eigenvalue weighted by Gasteiger charge is 2.09. The van der Waals surface area contributed by atoms with Crippen LogP contribution in [0.3, 0.4) is 0 Å². The summed E-state index contributed by atoms with van der Waals surface area (Å²) in [6.07, 6.45) is 0.850. The third kappa shape index (κ3) is 7.17. The van der Waals surface area contributed by atoms with Crippen LogP contribution in [-0.2, 0) is 9.59 Å². The fourth-order valence-electron chi connectivity index (χ4n) is 1.38. The second kappa shape index (κ2) is 10.3. The largest absolute Gasteiger partial charge is 0.491 e. The van der Waals surface area contributed by atoms with Gasteiger partial charge in [0, 0.05) is 5.02 Å². The fourth-order valence-corrected chi connectivity index (χ4v) is 1.56. The van der Waals surface area contributed by atoms with Crippen LogP contribution in [-0.4, -0.2) is 31.5 Å². The van der Waals surface area contributed by atoms with E-state index in [1.807, 2.05) is 6.92 Å². The van der Waals surface area contributed by atoms with Crippen LogP contribution in [0, 0.1) is 0 Å². The molecule has 0 aliphatic heterocycles. The monoisotopic (exact) mass is 335 g/mol. The first kappa shape index (κ1) is 19.5. The van der Waals surface area contributed by atoms with Gasteiger partial charge in [0.05, 0.1) is 25.4 Å². The highest BCUT2D eigenvalue weighted by atomic mass is 35.5. The van der Waals surface area contributed by atoms with E-state index in [2.05, 4.69) is 10.6 Å². The number of ether oxygens (including phenoxy) is 1. The average Bonchev–Trinajstić information content (AvgIpc) is 2.44. The molecule has 118 valence electrons. The molecule has 6 nitrogen and oxygen atoms in total. The molecule has 0 bridgehead atoms. The Bertz CT molecular complexity index is 484. The molecule has 1 aromatic carbocycles. The second-order valence-electron chi connectivity index (χ2n) is 4.02. The molecule has 8 heteroatoms. The number of hydrogen-bond donors (Lipinski definition) is 3. The highest BCUT2D eigenvalue weighted by molar-refractivity contribution is 6.31. The van der Waals surface area contributed by atoms with E-state index in [9.17, 15) is 9.59 Å². The summed E-state index contributed by atoms with van der Waals surface area (Å²) in [6, 6.07) is 4.96. The molecule has 0 fully saturated rings. The molecule has 0 aliphatic carbocycles. The number of carbonyl (C=O) groups is 2. The normalized spacial score (nSPS) is 9.48. The highest BCUT2D eigenvalue weighted by Crippen LogP contribution is 2.28. The van der Waals surface area contributed by atoms with Crippen molar-refractivity contribution in [3.63, 3.8) is 0 Å². The molecule has 0 unspecified atom stereocenters. The lowest BCUT2D eigenvalue weighted by Crippen LogP contribution is -2.36. The van der Waals surface area contributed by atoms with Crippen molar-refractivity contribution in [3.8, 4) is 5.75 Å². The molecule has 0 spiro atoms. The van der Waals surface area contributed by atoms with E-state index in [1.54, 1.807) is 18.2 Å². The molecule has 0 aromatic heterocycles. The Kier molecular flexibility index (Phi) is 9.53. The van der Waals surface area contributed by atoms with E-state index in [-0.39, 0.29) is 31.4 Å². The minimum absolute atomic E-state index is 0. The summed E-state index contributed by atoms with van der Waals surface area (Å²) in [6.45, 7) is 2.20. The number of rotatable bonds is 7. The minimum Gasteiger partial charge on any atom is -0.491 e. The summed E-state index contributed by atoms with van der Waals surface area (Å²) in [4.78, 5) is 22.7. The Labute approximate surface area is 134 Å². The van der Waals surface area contributed by atoms with Gasteiger partial charge in [0.25, 0.3) is 0 Å². The van der Waals surface area contributed by atoms with Crippen LogP contribution >= 0.6 is 24.0 Å². The lowest BCUT2D eigenvalue weighted by atomic mass is 10.3. The van der Waals surface area contributed by atoms with Crippen LogP contribution in [0.2, 0.25) is 5.02 Å². The number of hydrogen-bond acceptors (Lipinski definition) is 4. The molecule has 1 aromatic rings. The number of nitrogens with one attached hydrogen (secondary N) is 2. The van der Waals surface area contributed by atoms with E-state index in [0.29, 0.717) is 23.1 Å². The van der Waals surface area contributed by atoms with Crippen molar-refractivity contribution in [1.82, 2.24) is 5.32 Å². The summed E-state index contributed by atoms with van der Waals surface area (Å²) in [7, 11) is 0. The standard InChI is InChI=1S/C13H18ClN3O3.ClH/c1-2-5-20-11-4-3-9(14)6-10(11)17-13(19)8-16-12(18)7-15;/h3-4,6H,2,5,7-8,15H2,1H3,(H,16,18)(H,17,19);1H. The first-order valence-electron chi connectivity index (χ1n) is 6.25. The number of nitrogens with two attached hydrogens (primary N) is 1. The van der Waals surface area contributed by atoms with Gasteiger partial charge in [-0.15, -0.1) is 12.4 Å². The Hall–Kier alpha value is -1.50. The second-order valence-corrected chi connectivity index (χ2v) is 4.45. The fraction of sp³-hybridized carbons (Fsp3) is 0.385. The van der Waals surface area contributed by atoms with Gasteiger partial charge in [-0.3, -0.25) is 9.59 Å². The van der Waals surface area contributed by atoms with Crippen molar-refractivity contribution >= 4 is 41.5 Å². The van der Waals surface area contributed by atoms with Crippen molar-refractivity contribution in [3.05, 3.63) is 23.2 Å². The molecule has 0 saturated carbocycles. The molecule has 0 aliphatic rings. The van der Waals surface area contributed by atoms with Crippen LogP contribution in [0.5, 0.6) is 5.75 Å². The maximum absolute atomic E-state index is 11.7. The molecule has 2 amide bonds. The minimum atomic E-state index is -0.395. The zero-order valence-corrected chi connectivity index (χ0v) is 13.2. The van der Waals surface area contributed by atoms with Gasteiger partial charge in [0.15, 0.2) is 0 Å². The maximum Gasteiger partial charge on any atom is 0.243 e. The predicted molar refractivity (Wildman–Crippen MR) is 85.2 cm³/mol. The van der Waals surface area contributed by atoms with Gasteiger partial charge in [-0.2, -0.15) is 0 Å². The maximum atomic E-state index is 11.7. The van der Waals surface area contributed by atoms with Gasteiger partial charge in [0.1, 0.15) is 5.75 Å². The predicted octanol–water partition coefficient (Wildman–Crippen LogP) is 1.56. The van der Waals surface area contributed by atoms with E-state index in [1.165, 1.54) is 0 Å². The summed E-state index contributed by atoms with van der Waals surface area (Å²) < 4.78 is 5.51. The van der Waals surface area contributed by atoms with Gasteiger partial charge in [0.2, 0.25) is 11.8 Å². The zero-order chi connectivity index (χ0) is 15.0. The summed E-state index contributed by atoms with van der Waals surface area (Å²) in [5.41, 5.74) is 5.60. The van der Waals surface area contributed by atoms with E-state index in [0.717, 1.165) is 6.42 Å². The van der Waals surface area contributed by atoms with Gasteiger partial charge in [-0.05, 0) is 24.6 Å². The van der Waals surface area contributed by atoms with Gasteiger partial charge < -0.3 is 21.1 Å². The molecular formula is C13H19Cl2N3O3. The van der Waals surface area contributed by atoms with E-state index in [4.69, 9.17) is 22.1 Å². The lowest BCUT2D eigenvalue weighted by Gasteiger charge is -2.12. The molecule has 0 saturated heterocycles. The molecule has 0 heterocycles. The van der Waals surface area contributed by atoms with Gasteiger partial charge in [-0.1, -0.05) is 18.5 Å². The van der Waals surface area contributed by atoms with Crippen LogP contribution in [0.15, 0.2) is 18.2 Å². The number of carbonyl (C=O) groups excluding carboxylic acids is 2. The molecule has 1 rings (SSSR count). The Morgan fingerprint density at radius 1 is 1.33 bits per heavy atom. The quantitative estimate of drug-likeness (QED) is 0.704. The molecule has 0 atom stereocenters. The zero-order valence-electron chi connectivity index (χ0n) is 11.6. The average molecular weight is 336 g/mol. The number of halogens is 2. The summed E-state index contributed by atoms with van der Waals surface area (Å²) in [5, 5.41) is 5.50. The first-order valence-corrected chi connectivity index (χ1v) is 6.63. The van der Waals surface area contributed by atoms with Crippen molar-refractivity contribution in [2.75, 3.05) is 25.0 Å². The third-order valence-electron chi connectivity index (χ3n) is 2.31.